The smallest absolute Gasteiger partial charge is 0.236 e. The second-order valence-corrected chi connectivity index (χ2v) is 2.82. The Labute approximate surface area is 78.9 Å². The van der Waals surface area contributed by atoms with Crippen molar-refractivity contribution in [3.05, 3.63) is 0 Å². The zero-order valence-corrected chi connectivity index (χ0v) is 8.06. The van der Waals surface area contributed by atoms with Crippen LogP contribution in [0, 0.1) is 0 Å². The van der Waals surface area contributed by atoms with E-state index < -0.39 is 0 Å². The van der Waals surface area contributed by atoms with Crippen LogP contribution in [0.3, 0.4) is 0 Å². The number of halogens is 1. The summed E-state index contributed by atoms with van der Waals surface area (Å²) in [5, 5.41) is 3.14. The second kappa shape index (κ2) is 5.35. The van der Waals surface area contributed by atoms with E-state index in [1.807, 2.05) is 7.05 Å². The first-order valence-electron chi connectivity index (χ1n) is 3.93. The molecule has 1 aliphatic rings. The summed E-state index contributed by atoms with van der Waals surface area (Å²) in [6, 6.07) is 0.463. The first-order chi connectivity index (χ1) is 5.27. The highest BCUT2D eigenvalue weighted by atomic mass is 35.5. The van der Waals surface area contributed by atoms with E-state index in [2.05, 4.69) is 5.32 Å². The molecule has 1 fully saturated rings. The van der Waals surface area contributed by atoms with E-state index in [1.54, 1.807) is 4.90 Å². The van der Waals surface area contributed by atoms with Crippen LogP contribution in [0.2, 0.25) is 0 Å². The van der Waals surface area contributed by atoms with Gasteiger partial charge in [-0.3, -0.25) is 4.79 Å². The topological polar surface area (TPSA) is 58.4 Å². The molecular formula is C7H16ClN3O. The number of nitrogens with zero attached hydrogens (tertiary/aromatic N) is 1. The van der Waals surface area contributed by atoms with Crippen molar-refractivity contribution < 1.29 is 4.79 Å². The maximum absolute atomic E-state index is 11.0. The molecule has 0 saturated carbocycles. The second-order valence-electron chi connectivity index (χ2n) is 2.82. The van der Waals surface area contributed by atoms with Gasteiger partial charge in [-0.05, 0) is 13.5 Å². The van der Waals surface area contributed by atoms with Gasteiger partial charge in [0.05, 0.1) is 6.54 Å². The summed E-state index contributed by atoms with van der Waals surface area (Å²) in [7, 11) is 1.92. The molecule has 1 atom stereocenters. The van der Waals surface area contributed by atoms with E-state index in [4.69, 9.17) is 5.73 Å². The molecule has 5 heteroatoms. The minimum absolute atomic E-state index is 0. The Bertz CT molecular complexity index is 154. The van der Waals surface area contributed by atoms with E-state index in [1.165, 1.54) is 0 Å². The maximum Gasteiger partial charge on any atom is 0.236 e. The summed E-state index contributed by atoms with van der Waals surface area (Å²) < 4.78 is 0. The number of likely N-dealkylation sites (N-methyl/N-ethyl adjacent to an activating group) is 1. The molecule has 1 saturated heterocycles. The summed E-state index contributed by atoms with van der Waals surface area (Å²) in [5.41, 5.74) is 5.23. The first kappa shape index (κ1) is 11.7. The molecule has 0 aromatic heterocycles. The third-order valence-corrected chi connectivity index (χ3v) is 2.12. The molecule has 1 heterocycles. The lowest BCUT2D eigenvalue weighted by molar-refractivity contribution is -0.128. The monoisotopic (exact) mass is 193 g/mol. The minimum Gasteiger partial charge on any atom is -0.340 e. The highest BCUT2D eigenvalue weighted by Gasteiger charge is 2.23. The van der Waals surface area contributed by atoms with Gasteiger partial charge in [0.15, 0.2) is 0 Å². The lowest BCUT2D eigenvalue weighted by Crippen LogP contribution is -2.36. The molecule has 4 nitrogen and oxygen atoms in total. The first-order valence-corrected chi connectivity index (χ1v) is 3.93. The largest absolute Gasteiger partial charge is 0.340 e. The average Bonchev–Trinajstić information content (AvgIpc) is 2.50. The summed E-state index contributed by atoms with van der Waals surface area (Å²) in [5.74, 6) is 0.0581. The molecule has 12 heavy (non-hydrogen) atoms. The Morgan fingerprint density at radius 3 is 2.83 bits per heavy atom. The van der Waals surface area contributed by atoms with E-state index in [9.17, 15) is 4.79 Å². The van der Waals surface area contributed by atoms with Gasteiger partial charge in [0.1, 0.15) is 0 Å². The van der Waals surface area contributed by atoms with Crippen molar-refractivity contribution in [1.82, 2.24) is 10.2 Å². The molecule has 0 aromatic rings. The van der Waals surface area contributed by atoms with Crippen molar-refractivity contribution in [3.8, 4) is 0 Å². The molecule has 72 valence electrons. The van der Waals surface area contributed by atoms with E-state index in [0.29, 0.717) is 6.04 Å². The van der Waals surface area contributed by atoms with Crippen molar-refractivity contribution >= 4 is 18.3 Å². The lowest BCUT2D eigenvalue weighted by atomic mass is 10.3. The molecule has 0 aliphatic carbocycles. The molecular weight excluding hydrogens is 178 g/mol. The van der Waals surface area contributed by atoms with Crippen LogP contribution < -0.4 is 11.1 Å². The average molecular weight is 194 g/mol. The molecule has 0 aromatic carbocycles. The Balaban J connectivity index is 0.00000121. The molecule has 1 aliphatic heterocycles. The Morgan fingerprint density at radius 1 is 1.75 bits per heavy atom. The van der Waals surface area contributed by atoms with Gasteiger partial charge in [0, 0.05) is 19.1 Å². The summed E-state index contributed by atoms with van der Waals surface area (Å²) in [4.78, 5) is 12.9. The number of hydrogen-bond donors (Lipinski definition) is 2. The van der Waals surface area contributed by atoms with Gasteiger partial charge in [-0.15, -0.1) is 12.4 Å². The molecule has 0 radical (unpaired) electrons. The van der Waals surface area contributed by atoms with Crippen LogP contribution in [0.25, 0.3) is 0 Å². The standard InChI is InChI=1S/C7H15N3O.ClH/c1-9-6-2-3-10(5-6)7(11)4-8;/h6,9H,2-5,8H2,1H3;1H/t6-;/m0./s1. The number of nitrogens with two attached hydrogens (primary N) is 1. The van der Waals surface area contributed by atoms with Crippen molar-refractivity contribution in [2.75, 3.05) is 26.7 Å². The summed E-state index contributed by atoms with van der Waals surface area (Å²) >= 11 is 0. The summed E-state index contributed by atoms with van der Waals surface area (Å²) in [6.45, 7) is 1.80. The zero-order valence-electron chi connectivity index (χ0n) is 7.25. The Hall–Kier alpha value is -0.320. The van der Waals surface area contributed by atoms with Gasteiger partial charge in [-0.25, -0.2) is 0 Å². The quantitative estimate of drug-likeness (QED) is 0.603. The highest BCUT2D eigenvalue weighted by molar-refractivity contribution is 5.85. The SMILES string of the molecule is CN[C@H]1CCN(C(=O)CN)C1.Cl. The Kier molecular flexibility index (Phi) is 5.20. The third-order valence-electron chi connectivity index (χ3n) is 2.12. The highest BCUT2D eigenvalue weighted by Crippen LogP contribution is 2.07. The van der Waals surface area contributed by atoms with Crippen molar-refractivity contribution in [2.24, 2.45) is 5.73 Å². The predicted molar refractivity (Wildman–Crippen MR) is 50.3 cm³/mol. The fourth-order valence-corrected chi connectivity index (χ4v) is 1.35. The fourth-order valence-electron chi connectivity index (χ4n) is 1.35. The van der Waals surface area contributed by atoms with Crippen LogP contribution >= 0.6 is 12.4 Å². The van der Waals surface area contributed by atoms with Crippen molar-refractivity contribution in [2.45, 2.75) is 12.5 Å². The van der Waals surface area contributed by atoms with Crippen LogP contribution in [-0.2, 0) is 4.79 Å². The third kappa shape index (κ3) is 2.62. The van der Waals surface area contributed by atoms with Gasteiger partial charge >= 0.3 is 0 Å². The zero-order chi connectivity index (χ0) is 8.27. The fraction of sp³-hybridized carbons (Fsp3) is 0.857. The van der Waals surface area contributed by atoms with Gasteiger partial charge in [-0.2, -0.15) is 0 Å². The maximum atomic E-state index is 11.0. The number of nitrogens with one attached hydrogen (secondary N) is 1. The van der Waals surface area contributed by atoms with Crippen LogP contribution in [0.5, 0.6) is 0 Å². The predicted octanol–water partition coefficient (Wildman–Crippen LogP) is -0.813. The van der Waals surface area contributed by atoms with Crippen LogP contribution in [0.15, 0.2) is 0 Å². The number of likely N-dealkylation sites (tertiary alicyclic amines) is 1. The normalized spacial score (nSPS) is 22.2. The van der Waals surface area contributed by atoms with Crippen LogP contribution in [-0.4, -0.2) is 43.5 Å². The number of carbonyl (C=O) groups excluding carboxylic acids is 1. The van der Waals surface area contributed by atoms with Crippen molar-refractivity contribution in [3.63, 3.8) is 0 Å². The summed E-state index contributed by atoms with van der Waals surface area (Å²) in [6.07, 6.45) is 1.04. The molecule has 0 bridgehead atoms. The van der Waals surface area contributed by atoms with Crippen molar-refractivity contribution in [1.29, 1.82) is 0 Å². The number of rotatable bonds is 2. The van der Waals surface area contributed by atoms with E-state index in [0.717, 1.165) is 19.5 Å². The van der Waals surface area contributed by atoms with E-state index >= 15 is 0 Å². The van der Waals surface area contributed by atoms with E-state index in [-0.39, 0.29) is 24.9 Å². The Morgan fingerprint density at radius 2 is 2.42 bits per heavy atom. The molecule has 1 rings (SSSR count). The van der Waals surface area contributed by atoms with Gasteiger partial charge < -0.3 is 16.0 Å². The lowest BCUT2D eigenvalue weighted by Gasteiger charge is -2.14. The van der Waals surface area contributed by atoms with Crippen LogP contribution in [0.4, 0.5) is 0 Å². The number of carbonyl (C=O) groups is 1. The minimum atomic E-state index is 0. The number of hydrogen-bond acceptors (Lipinski definition) is 3. The molecule has 0 spiro atoms. The molecule has 0 unspecified atom stereocenters. The van der Waals surface area contributed by atoms with Gasteiger partial charge in [-0.1, -0.05) is 0 Å². The number of amides is 1. The van der Waals surface area contributed by atoms with Crippen LogP contribution in [0.1, 0.15) is 6.42 Å². The molecule has 1 amide bonds. The molecule has 3 N–H and O–H groups in total. The van der Waals surface area contributed by atoms with Gasteiger partial charge in [0.2, 0.25) is 5.91 Å². The van der Waals surface area contributed by atoms with Gasteiger partial charge in [0.25, 0.3) is 0 Å².